The second-order valence-corrected chi connectivity index (χ2v) is 7.07. The molecule has 0 spiro atoms. The third kappa shape index (κ3) is 3.65. The smallest absolute Gasteiger partial charge is 0.0825 e. The van der Waals surface area contributed by atoms with Crippen LogP contribution in [0.25, 0.3) is 0 Å². The maximum Gasteiger partial charge on any atom is 0.0825 e. The molecule has 1 saturated heterocycles. The molecule has 5 heteroatoms. The molecule has 1 saturated carbocycles. The van der Waals surface area contributed by atoms with Gasteiger partial charge < -0.3 is 10.6 Å². The van der Waals surface area contributed by atoms with E-state index in [-0.39, 0.29) is 0 Å². The van der Waals surface area contributed by atoms with Gasteiger partial charge in [0.2, 0.25) is 0 Å². The van der Waals surface area contributed by atoms with Crippen LogP contribution in [0.5, 0.6) is 0 Å². The molecule has 0 atom stereocenters. The van der Waals surface area contributed by atoms with Crippen LogP contribution < -0.4 is 10.6 Å². The molecule has 21 heavy (non-hydrogen) atoms. The Bertz CT molecular complexity index is 480. The van der Waals surface area contributed by atoms with Gasteiger partial charge in [-0.3, -0.25) is 4.90 Å². The van der Waals surface area contributed by atoms with E-state index in [1.165, 1.54) is 25.8 Å². The standard InChI is InChI=1S/C16H23Cl2N3/c17-14-2-1-3-15(16(14)18)21-8-6-20(7-9-21)5-4-12-10-13(19)11-12/h1-3,12-13H,4-11,19H2. The molecule has 1 aromatic carbocycles. The van der Waals surface area contributed by atoms with Crippen molar-refractivity contribution in [1.29, 1.82) is 0 Å². The number of halogens is 2. The Labute approximate surface area is 137 Å². The fourth-order valence-corrected chi connectivity index (χ4v) is 3.75. The lowest BCUT2D eigenvalue weighted by molar-refractivity contribution is 0.189. The Morgan fingerprint density at radius 2 is 1.81 bits per heavy atom. The molecule has 3 nitrogen and oxygen atoms in total. The quantitative estimate of drug-likeness (QED) is 0.921. The van der Waals surface area contributed by atoms with Crippen molar-refractivity contribution in [3.05, 3.63) is 28.2 Å². The molecule has 0 bridgehead atoms. The minimum Gasteiger partial charge on any atom is -0.368 e. The summed E-state index contributed by atoms with van der Waals surface area (Å²) >= 11 is 12.4. The van der Waals surface area contributed by atoms with Crippen LogP contribution in [0.3, 0.4) is 0 Å². The zero-order chi connectivity index (χ0) is 14.8. The van der Waals surface area contributed by atoms with Gasteiger partial charge in [0.15, 0.2) is 0 Å². The predicted molar refractivity (Wildman–Crippen MR) is 90.4 cm³/mol. The molecule has 1 aliphatic carbocycles. The van der Waals surface area contributed by atoms with Crippen molar-refractivity contribution in [3.63, 3.8) is 0 Å². The first-order valence-corrected chi connectivity index (χ1v) is 8.56. The maximum absolute atomic E-state index is 6.31. The molecule has 1 aromatic rings. The molecule has 116 valence electrons. The van der Waals surface area contributed by atoms with Gasteiger partial charge in [0.1, 0.15) is 0 Å². The Balaban J connectivity index is 1.47. The van der Waals surface area contributed by atoms with Gasteiger partial charge in [-0.1, -0.05) is 29.3 Å². The van der Waals surface area contributed by atoms with Crippen molar-refractivity contribution < 1.29 is 0 Å². The summed E-state index contributed by atoms with van der Waals surface area (Å²) in [7, 11) is 0. The number of rotatable bonds is 4. The van der Waals surface area contributed by atoms with Gasteiger partial charge in [-0.15, -0.1) is 0 Å². The van der Waals surface area contributed by atoms with Crippen LogP contribution >= 0.6 is 23.2 Å². The third-order valence-electron chi connectivity index (χ3n) is 4.77. The summed E-state index contributed by atoms with van der Waals surface area (Å²) in [5.41, 5.74) is 6.91. The Morgan fingerprint density at radius 3 is 2.48 bits per heavy atom. The van der Waals surface area contributed by atoms with E-state index >= 15 is 0 Å². The Kier molecular flexibility index (Phi) is 4.95. The van der Waals surface area contributed by atoms with E-state index in [2.05, 4.69) is 15.9 Å². The van der Waals surface area contributed by atoms with Gasteiger partial charge in [-0.05, 0) is 43.9 Å². The molecule has 0 unspecified atom stereocenters. The van der Waals surface area contributed by atoms with E-state index in [0.29, 0.717) is 16.1 Å². The highest BCUT2D eigenvalue weighted by molar-refractivity contribution is 6.43. The lowest BCUT2D eigenvalue weighted by atomic mass is 9.79. The highest BCUT2D eigenvalue weighted by Crippen LogP contribution is 2.33. The zero-order valence-electron chi connectivity index (χ0n) is 12.3. The van der Waals surface area contributed by atoms with E-state index in [4.69, 9.17) is 28.9 Å². The molecular weight excluding hydrogens is 305 g/mol. The van der Waals surface area contributed by atoms with Crippen molar-refractivity contribution in [2.75, 3.05) is 37.6 Å². The van der Waals surface area contributed by atoms with Crippen LogP contribution in [-0.4, -0.2) is 43.7 Å². The summed E-state index contributed by atoms with van der Waals surface area (Å²) in [4.78, 5) is 4.89. The minimum absolute atomic E-state index is 0.469. The van der Waals surface area contributed by atoms with E-state index < -0.39 is 0 Å². The molecule has 1 heterocycles. The number of hydrogen-bond acceptors (Lipinski definition) is 3. The van der Waals surface area contributed by atoms with Gasteiger partial charge >= 0.3 is 0 Å². The van der Waals surface area contributed by atoms with Crippen LogP contribution in [0.15, 0.2) is 18.2 Å². The predicted octanol–water partition coefficient (Wildman–Crippen LogP) is 3.24. The summed E-state index contributed by atoms with van der Waals surface area (Å²) in [5, 5.41) is 1.31. The van der Waals surface area contributed by atoms with Gasteiger partial charge in [0.05, 0.1) is 15.7 Å². The number of nitrogens with zero attached hydrogens (tertiary/aromatic N) is 2. The van der Waals surface area contributed by atoms with Gasteiger partial charge in [0, 0.05) is 32.2 Å². The van der Waals surface area contributed by atoms with E-state index in [0.717, 1.165) is 37.8 Å². The normalized spacial score (nSPS) is 26.7. The molecule has 0 amide bonds. The largest absolute Gasteiger partial charge is 0.368 e. The van der Waals surface area contributed by atoms with Gasteiger partial charge in [-0.2, -0.15) is 0 Å². The molecule has 1 aliphatic heterocycles. The lowest BCUT2D eigenvalue weighted by Gasteiger charge is -2.38. The summed E-state index contributed by atoms with van der Waals surface area (Å²) < 4.78 is 0. The number of anilines is 1. The minimum atomic E-state index is 0.469. The highest BCUT2D eigenvalue weighted by Gasteiger charge is 2.26. The van der Waals surface area contributed by atoms with Crippen molar-refractivity contribution in [2.24, 2.45) is 11.7 Å². The van der Waals surface area contributed by atoms with Crippen molar-refractivity contribution >= 4 is 28.9 Å². The van der Waals surface area contributed by atoms with Crippen LogP contribution in [0.2, 0.25) is 10.0 Å². The molecule has 2 fully saturated rings. The van der Waals surface area contributed by atoms with Gasteiger partial charge in [0.25, 0.3) is 0 Å². The first kappa shape index (κ1) is 15.4. The topological polar surface area (TPSA) is 32.5 Å². The van der Waals surface area contributed by atoms with Crippen molar-refractivity contribution in [1.82, 2.24) is 4.90 Å². The van der Waals surface area contributed by atoms with Crippen LogP contribution in [0.1, 0.15) is 19.3 Å². The van der Waals surface area contributed by atoms with Crippen molar-refractivity contribution in [2.45, 2.75) is 25.3 Å². The molecule has 2 N–H and O–H groups in total. The third-order valence-corrected chi connectivity index (χ3v) is 5.58. The van der Waals surface area contributed by atoms with Crippen LogP contribution in [0.4, 0.5) is 5.69 Å². The number of benzene rings is 1. The number of piperazine rings is 1. The Hall–Kier alpha value is -0.480. The summed E-state index contributed by atoms with van der Waals surface area (Å²) in [6.45, 7) is 5.44. The first-order valence-electron chi connectivity index (χ1n) is 7.80. The van der Waals surface area contributed by atoms with Gasteiger partial charge in [-0.25, -0.2) is 0 Å². The van der Waals surface area contributed by atoms with E-state index in [9.17, 15) is 0 Å². The molecule has 3 rings (SSSR count). The average Bonchev–Trinajstić information content (AvgIpc) is 2.46. The second-order valence-electron chi connectivity index (χ2n) is 6.29. The lowest BCUT2D eigenvalue weighted by Crippen LogP contribution is -2.47. The summed E-state index contributed by atoms with van der Waals surface area (Å²) in [6.07, 6.45) is 3.74. The summed E-state index contributed by atoms with van der Waals surface area (Å²) in [6, 6.07) is 6.33. The zero-order valence-corrected chi connectivity index (χ0v) is 13.8. The molecule has 2 aliphatic rings. The molecule has 0 radical (unpaired) electrons. The summed E-state index contributed by atoms with van der Waals surface area (Å²) in [5.74, 6) is 0.861. The molecule has 0 aromatic heterocycles. The van der Waals surface area contributed by atoms with E-state index in [1.54, 1.807) is 0 Å². The van der Waals surface area contributed by atoms with Crippen LogP contribution in [-0.2, 0) is 0 Å². The van der Waals surface area contributed by atoms with Crippen LogP contribution in [0, 0.1) is 5.92 Å². The van der Waals surface area contributed by atoms with E-state index in [1.807, 2.05) is 12.1 Å². The first-order chi connectivity index (χ1) is 10.1. The fraction of sp³-hybridized carbons (Fsp3) is 0.625. The maximum atomic E-state index is 6.31. The average molecular weight is 328 g/mol. The number of nitrogens with two attached hydrogens (primary N) is 1. The highest BCUT2D eigenvalue weighted by atomic mass is 35.5. The fourth-order valence-electron chi connectivity index (χ4n) is 3.34. The monoisotopic (exact) mass is 327 g/mol. The Morgan fingerprint density at radius 1 is 1.10 bits per heavy atom. The SMILES string of the molecule is NC1CC(CCN2CCN(c3cccc(Cl)c3Cl)CC2)C1. The van der Waals surface area contributed by atoms with Crippen molar-refractivity contribution in [3.8, 4) is 0 Å². The second kappa shape index (κ2) is 6.74. The number of hydrogen-bond donors (Lipinski definition) is 1. The molecular formula is C16H23Cl2N3.